The lowest BCUT2D eigenvalue weighted by Crippen LogP contribution is -2.03. The van der Waals surface area contributed by atoms with Gasteiger partial charge in [-0.1, -0.05) is 35.3 Å². The summed E-state index contributed by atoms with van der Waals surface area (Å²) >= 11 is 11.8. The van der Waals surface area contributed by atoms with Crippen LogP contribution in [0.25, 0.3) is 0 Å². The number of aromatic nitrogens is 1. The molecule has 0 aliphatic carbocycles. The van der Waals surface area contributed by atoms with Crippen LogP contribution in [0.15, 0.2) is 36.5 Å². The van der Waals surface area contributed by atoms with Crippen LogP contribution in [-0.2, 0) is 6.42 Å². The number of aliphatic hydroxyl groups is 1. The fraction of sp³-hybridized carbons (Fsp3) is 0.214. The van der Waals surface area contributed by atoms with E-state index in [1.54, 1.807) is 24.4 Å². The maximum Gasteiger partial charge on any atom is 0.0846 e. The van der Waals surface area contributed by atoms with Crippen LogP contribution in [0.5, 0.6) is 0 Å². The van der Waals surface area contributed by atoms with E-state index in [4.69, 9.17) is 23.2 Å². The summed E-state index contributed by atoms with van der Waals surface area (Å²) in [5.74, 6) is 0. The number of nitrogens with zero attached hydrogens (tertiary/aromatic N) is 1. The normalized spacial score (nSPS) is 12.4. The quantitative estimate of drug-likeness (QED) is 0.923. The van der Waals surface area contributed by atoms with Crippen molar-refractivity contribution in [3.8, 4) is 0 Å². The van der Waals surface area contributed by atoms with E-state index in [0.717, 1.165) is 16.8 Å². The van der Waals surface area contributed by atoms with Crippen molar-refractivity contribution in [2.45, 2.75) is 19.4 Å². The molecule has 94 valence electrons. The Hall–Kier alpha value is -1.09. The number of halogens is 2. The standard InChI is InChI=1S/C14H13Cl2NO/c1-9-2-4-11(17-8-9)7-14(18)10-3-5-12(15)13(16)6-10/h2-6,8,14,18H,7H2,1H3. The Balaban J connectivity index is 2.13. The number of aryl methyl sites for hydroxylation is 1. The summed E-state index contributed by atoms with van der Waals surface area (Å²) < 4.78 is 0. The Morgan fingerprint density at radius 3 is 2.56 bits per heavy atom. The zero-order valence-electron chi connectivity index (χ0n) is 9.90. The molecule has 1 aromatic carbocycles. The van der Waals surface area contributed by atoms with Gasteiger partial charge in [-0.25, -0.2) is 0 Å². The number of aliphatic hydroxyl groups excluding tert-OH is 1. The molecule has 2 aromatic rings. The monoisotopic (exact) mass is 281 g/mol. The van der Waals surface area contributed by atoms with Crippen LogP contribution in [0, 0.1) is 6.92 Å². The number of hydrogen-bond donors (Lipinski definition) is 1. The van der Waals surface area contributed by atoms with E-state index in [1.165, 1.54) is 0 Å². The first-order chi connectivity index (χ1) is 8.56. The number of hydrogen-bond acceptors (Lipinski definition) is 2. The van der Waals surface area contributed by atoms with Crippen LogP contribution < -0.4 is 0 Å². The molecule has 0 saturated heterocycles. The predicted molar refractivity (Wildman–Crippen MR) is 74.1 cm³/mol. The van der Waals surface area contributed by atoms with Crippen molar-refractivity contribution in [2.24, 2.45) is 0 Å². The second-order valence-corrected chi connectivity index (χ2v) is 5.03. The van der Waals surface area contributed by atoms with Gasteiger partial charge in [0.2, 0.25) is 0 Å². The fourth-order valence-corrected chi connectivity index (χ4v) is 1.96. The van der Waals surface area contributed by atoms with Crippen molar-refractivity contribution in [2.75, 3.05) is 0 Å². The van der Waals surface area contributed by atoms with E-state index >= 15 is 0 Å². The van der Waals surface area contributed by atoms with Gasteiger partial charge < -0.3 is 5.11 Å². The smallest absolute Gasteiger partial charge is 0.0846 e. The summed E-state index contributed by atoms with van der Waals surface area (Å²) in [6.45, 7) is 1.98. The first-order valence-corrected chi connectivity index (χ1v) is 6.36. The van der Waals surface area contributed by atoms with Crippen molar-refractivity contribution < 1.29 is 5.11 Å². The number of benzene rings is 1. The highest BCUT2D eigenvalue weighted by Crippen LogP contribution is 2.26. The first-order valence-electron chi connectivity index (χ1n) is 5.61. The Bertz CT molecular complexity index is 540. The van der Waals surface area contributed by atoms with Crippen LogP contribution in [0.2, 0.25) is 10.0 Å². The van der Waals surface area contributed by atoms with Gasteiger partial charge in [-0.15, -0.1) is 0 Å². The molecule has 0 spiro atoms. The molecule has 1 heterocycles. The summed E-state index contributed by atoms with van der Waals surface area (Å²) in [6.07, 6.45) is 1.62. The Morgan fingerprint density at radius 1 is 1.17 bits per heavy atom. The van der Waals surface area contributed by atoms with E-state index < -0.39 is 6.10 Å². The molecule has 18 heavy (non-hydrogen) atoms. The van der Waals surface area contributed by atoms with E-state index in [-0.39, 0.29) is 0 Å². The van der Waals surface area contributed by atoms with Gasteiger partial charge in [0.15, 0.2) is 0 Å². The molecule has 0 fully saturated rings. The third kappa shape index (κ3) is 3.22. The van der Waals surface area contributed by atoms with Gasteiger partial charge in [-0.2, -0.15) is 0 Å². The van der Waals surface area contributed by atoms with Crippen molar-refractivity contribution >= 4 is 23.2 Å². The number of rotatable bonds is 3. The minimum absolute atomic E-state index is 0.449. The van der Waals surface area contributed by atoms with Gasteiger partial charge in [0.1, 0.15) is 0 Å². The van der Waals surface area contributed by atoms with Crippen molar-refractivity contribution in [3.05, 3.63) is 63.4 Å². The van der Waals surface area contributed by atoms with Crippen LogP contribution >= 0.6 is 23.2 Å². The minimum atomic E-state index is -0.630. The Kier molecular flexibility index (Phi) is 4.23. The van der Waals surface area contributed by atoms with Crippen LogP contribution in [0.4, 0.5) is 0 Å². The highest BCUT2D eigenvalue weighted by molar-refractivity contribution is 6.42. The van der Waals surface area contributed by atoms with Crippen molar-refractivity contribution in [1.29, 1.82) is 0 Å². The third-order valence-electron chi connectivity index (χ3n) is 2.70. The summed E-state index contributed by atoms with van der Waals surface area (Å²) in [6, 6.07) is 9.03. The van der Waals surface area contributed by atoms with Gasteiger partial charge in [-0.3, -0.25) is 4.98 Å². The maximum atomic E-state index is 10.1. The van der Waals surface area contributed by atoms with E-state index in [9.17, 15) is 5.11 Å². The van der Waals surface area contributed by atoms with Gasteiger partial charge in [0.05, 0.1) is 16.1 Å². The molecule has 0 radical (unpaired) electrons. The van der Waals surface area contributed by atoms with Crippen LogP contribution in [0.1, 0.15) is 22.9 Å². The third-order valence-corrected chi connectivity index (χ3v) is 3.44. The van der Waals surface area contributed by atoms with Gasteiger partial charge in [0, 0.05) is 18.3 Å². The molecular weight excluding hydrogens is 269 g/mol. The molecule has 0 bridgehead atoms. The molecule has 1 aromatic heterocycles. The average Bonchev–Trinajstić information content (AvgIpc) is 2.35. The SMILES string of the molecule is Cc1ccc(CC(O)c2ccc(Cl)c(Cl)c2)nc1. The fourth-order valence-electron chi connectivity index (χ4n) is 1.65. The lowest BCUT2D eigenvalue weighted by molar-refractivity contribution is 0.177. The topological polar surface area (TPSA) is 33.1 Å². The van der Waals surface area contributed by atoms with Gasteiger partial charge in [-0.05, 0) is 36.2 Å². The molecule has 1 unspecified atom stereocenters. The Morgan fingerprint density at radius 2 is 1.94 bits per heavy atom. The minimum Gasteiger partial charge on any atom is -0.388 e. The molecule has 1 atom stereocenters. The summed E-state index contributed by atoms with van der Waals surface area (Å²) in [7, 11) is 0. The zero-order valence-corrected chi connectivity index (χ0v) is 11.4. The van der Waals surface area contributed by atoms with Gasteiger partial charge >= 0.3 is 0 Å². The molecule has 2 nitrogen and oxygen atoms in total. The second kappa shape index (κ2) is 5.70. The zero-order chi connectivity index (χ0) is 13.1. The predicted octanol–water partition coefficient (Wildman–Crippen LogP) is 3.97. The highest BCUT2D eigenvalue weighted by atomic mass is 35.5. The largest absolute Gasteiger partial charge is 0.388 e. The van der Waals surface area contributed by atoms with Gasteiger partial charge in [0.25, 0.3) is 0 Å². The van der Waals surface area contributed by atoms with Crippen molar-refractivity contribution in [1.82, 2.24) is 4.98 Å². The molecule has 0 aliphatic rings. The second-order valence-electron chi connectivity index (χ2n) is 4.22. The first kappa shape index (κ1) is 13.3. The number of pyridine rings is 1. The molecule has 4 heteroatoms. The van der Waals surface area contributed by atoms with Crippen LogP contribution in [0.3, 0.4) is 0 Å². The average molecular weight is 282 g/mol. The molecule has 0 amide bonds. The molecular formula is C14H13Cl2NO. The molecule has 0 aliphatic heterocycles. The maximum absolute atomic E-state index is 10.1. The van der Waals surface area contributed by atoms with E-state index in [2.05, 4.69) is 4.98 Å². The van der Waals surface area contributed by atoms with Crippen molar-refractivity contribution in [3.63, 3.8) is 0 Å². The van der Waals surface area contributed by atoms with E-state index in [0.29, 0.717) is 16.5 Å². The highest BCUT2D eigenvalue weighted by Gasteiger charge is 2.11. The summed E-state index contributed by atoms with van der Waals surface area (Å²) in [5, 5.41) is 11.1. The molecule has 2 rings (SSSR count). The molecule has 1 N–H and O–H groups in total. The van der Waals surface area contributed by atoms with Crippen LogP contribution in [-0.4, -0.2) is 10.1 Å². The summed E-state index contributed by atoms with van der Waals surface area (Å²) in [4.78, 5) is 4.26. The van der Waals surface area contributed by atoms with E-state index in [1.807, 2.05) is 19.1 Å². The molecule has 0 saturated carbocycles. The lowest BCUT2D eigenvalue weighted by atomic mass is 10.0. The lowest BCUT2D eigenvalue weighted by Gasteiger charge is -2.11. The Labute approximate surface area is 116 Å². The summed E-state index contributed by atoms with van der Waals surface area (Å²) in [5.41, 5.74) is 2.69.